The molecular formula is C20H19N5O3. The van der Waals surface area contributed by atoms with E-state index in [2.05, 4.69) is 21.4 Å². The van der Waals surface area contributed by atoms with Gasteiger partial charge in [0.15, 0.2) is 5.82 Å². The van der Waals surface area contributed by atoms with E-state index in [9.17, 15) is 9.90 Å². The number of aliphatic hydroxyl groups excluding tert-OH is 1. The maximum atomic E-state index is 12.1. The van der Waals surface area contributed by atoms with Crippen LogP contribution in [0, 0.1) is 13.8 Å². The number of rotatable bonds is 3. The molecule has 0 unspecified atom stereocenters. The zero-order chi connectivity index (χ0) is 19.4. The van der Waals surface area contributed by atoms with Crippen molar-refractivity contribution in [1.29, 1.82) is 0 Å². The van der Waals surface area contributed by atoms with E-state index < -0.39 is 6.10 Å². The Morgan fingerprint density at radius 1 is 1.21 bits per heavy atom. The summed E-state index contributed by atoms with van der Waals surface area (Å²) in [5, 5.41) is 17.7. The van der Waals surface area contributed by atoms with Gasteiger partial charge in [-0.05, 0) is 55.7 Å². The number of fused-ring (bicyclic) bond motifs is 3. The van der Waals surface area contributed by atoms with Crippen LogP contribution in [-0.4, -0.2) is 49.9 Å². The van der Waals surface area contributed by atoms with E-state index in [-0.39, 0.29) is 18.7 Å². The number of carbonyl (C=O) groups excluding carboxylic acids is 1. The van der Waals surface area contributed by atoms with E-state index in [1.54, 1.807) is 9.58 Å². The Morgan fingerprint density at radius 2 is 2.04 bits per heavy atom. The molecule has 2 aromatic heterocycles. The highest BCUT2D eigenvalue weighted by Crippen LogP contribution is 2.40. The van der Waals surface area contributed by atoms with Crippen LogP contribution in [0.2, 0.25) is 0 Å². The molecule has 3 aromatic rings. The van der Waals surface area contributed by atoms with Crippen molar-refractivity contribution < 1.29 is 14.6 Å². The van der Waals surface area contributed by atoms with Crippen molar-refractivity contribution in [3.05, 3.63) is 53.5 Å². The predicted octanol–water partition coefficient (Wildman–Crippen LogP) is 2.19. The summed E-state index contributed by atoms with van der Waals surface area (Å²) in [6, 6.07) is 9.77. The van der Waals surface area contributed by atoms with Crippen molar-refractivity contribution >= 4 is 11.8 Å². The maximum absolute atomic E-state index is 12.1. The van der Waals surface area contributed by atoms with Gasteiger partial charge in [0.05, 0.1) is 29.7 Å². The third kappa shape index (κ3) is 2.41. The molecule has 2 aliphatic rings. The molecule has 28 heavy (non-hydrogen) atoms. The van der Waals surface area contributed by atoms with Crippen molar-refractivity contribution in [1.82, 2.24) is 20.0 Å². The largest absolute Gasteiger partial charge is 0.441 e. The fraction of sp³-hybridized carbons (Fsp3) is 0.300. The van der Waals surface area contributed by atoms with Gasteiger partial charge in [-0.25, -0.2) is 9.78 Å². The Hall–Kier alpha value is -3.26. The number of aromatic nitrogens is 4. The number of pyridine rings is 1. The highest BCUT2D eigenvalue weighted by molar-refractivity contribution is 5.94. The number of nitrogens with zero attached hydrogens (tertiary/aromatic N) is 5. The molecule has 1 fully saturated rings. The molecule has 142 valence electrons. The lowest BCUT2D eigenvalue weighted by Crippen LogP contribution is -2.34. The molecule has 1 N–H and O–H groups in total. The SMILES string of the molecule is Cc1nnn(-c2ccc(-c3ccc4c(c3)C[C@H]3[C@H](CO)OC(=O)N43)cn2)c1C. The molecule has 8 nitrogen and oxygen atoms in total. The van der Waals surface area contributed by atoms with Crippen molar-refractivity contribution in [2.75, 3.05) is 11.5 Å². The topological polar surface area (TPSA) is 93.4 Å². The van der Waals surface area contributed by atoms with Crippen molar-refractivity contribution in [2.45, 2.75) is 32.4 Å². The Labute approximate surface area is 161 Å². The first-order valence-corrected chi connectivity index (χ1v) is 9.16. The minimum Gasteiger partial charge on any atom is -0.441 e. The molecular weight excluding hydrogens is 358 g/mol. The number of hydrogen-bond donors (Lipinski definition) is 1. The number of benzene rings is 1. The molecule has 0 bridgehead atoms. The molecule has 1 amide bonds. The number of ether oxygens (including phenoxy) is 1. The second-order valence-electron chi connectivity index (χ2n) is 7.17. The summed E-state index contributed by atoms with van der Waals surface area (Å²) < 4.78 is 6.95. The van der Waals surface area contributed by atoms with Crippen LogP contribution in [0.4, 0.5) is 10.5 Å². The van der Waals surface area contributed by atoms with Gasteiger partial charge in [-0.1, -0.05) is 11.3 Å². The van der Waals surface area contributed by atoms with Crippen molar-refractivity contribution in [3.8, 4) is 16.9 Å². The van der Waals surface area contributed by atoms with Crippen LogP contribution in [-0.2, 0) is 11.2 Å². The molecule has 2 aliphatic heterocycles. The minimum atomic E-state index is -0.473. The van der Waals surface area contributed by atoms with E-state index in [4.69, 9.17) is 4.74 Å². The van der Waals surface area contributed by atoms with Gasteiger partial charge >= 0.3 is 6.09 Å². The smallest absolute Gasteiger partial charge is 0.415 e. The first-order chi connectivity index (χ1) is 13.6. The van der Waals surface area contributed by atoms with Crippen LogP contribution in [0.1, 0.15) is 17.0 Å². The van der Waals surface area contributed by atoms with Gasteiger partial charge in [0.25, 0.3) is 0 Å². The number of amides is 1. The van der Waals surface area contributed by atoms with Crippen molar-refractivity contribution in [3.63, 3.8) is 0 Å². The lowest BCUT2D eigenvalue weighted by molar-refractivity contribution is 0.0830. The molecule has 1 saturated heterocycles. The Balaban J connectivity index is 1.45. The van der Waals surface area contributed by atoms with Crippen LogP contribution >= 0.6 is 0 Å². The monoisotopic (exact) mass is 377 g/mol. The third-order valence-corrected chi connectivity index (χ3v) is 5.58. The zero-order valence-electron chi connectivity index (χ0n) is 15.5. The fourth-order valence-electron chi connectivity index (χ4n) is 3.92. The molecule has 0 spiro atoms. The summed E-state index contributed by atoms with van der Waals surface area (Å²) >= 11 is 0. The van der Waals surface area contributed by atoms with Gasteiger partial charge in [0.1, 0.15) is 6.10 Å². The molecule has 0 radical (unpaired) electrons. The van der Waals surface area contributed by atoms with Gasteiger partial charge in [-0.2, -0.15) is 4.68 Å². The third-order valence-electron chi connectivity index (χ3n) is 5.58. The number of carbonyl (C=O) groups is 1. The van der Waals surface area contributed by atoms with E-state index in [1.807, 2.05) is 44.3 Å². The standard InChI is InChI=1S/C20H19N5O3/c1-11-12(2)25(23-22-11)19-6-4-14(9-21-19)13-3-5-16-15(7-13)8-17-18(10-26)28-20(27)24(16)17/h3-7,9,17-18,26H,8,10H2,1-2H3/t17-,18-/m0/s1. The lowest BCUT2D eigenvalue weighted by Gasteiger charge is -2.14. The highest BCUT2D eigenvalue weighted by atomic mass is 16.6. The van der Waals surface area contributed by atoms with E-state index in [1.165, 1.54) is 0 Å². The van der Waals surface area contributed by atoms with Gasteiger partial charge in [-0.15, -0.1) is 5.10 Å². The maximum Gasteiger partial charge on any atom is 0.415 e. The van der Waals surface area contributed by atoms with E-state index in [0.29, 0.717) is 6.42 Å². The Kier molecular flexibility index (Phi) is 3.70. The summed E-state index contributed by atoms with van der Waals surface area (Å²) in [4.78, 5) is 18.3. The molecule has 5 rings (SSSR count). The Bertz CT molecular complexity index is 1080. The van der Waals surface area contributed by atoms with Gasteiger partial charge < -0.3 is 9.84 Å². The fourth-order valence-corrected chi connectivity index (χ4v) is 3.92. The molecule has 0 saturated carbocycles. The van der Waals surface area contributed by atoms with Crippen molar-refractivity contribution in [2.24, 2.45) is 0 Å². The average molecular weight is 377 g/mol. The van der Waals surface area contributed by atoms with Crippen LogP contribution < -0.4 is 4.90 Å². The Morgan fingerprint density at radius 3 is 2.71 bits per heavy atom. The summed E-state index contributed by atoms with van der Waals surface area (Å²) in [5.74, 6) is 0.720. The number of aryl methyl sites for hydroxylation is 1. The summed E-state index contributed by atoms with van der Waals surface area (Å²) in [7, 11) is 0. The number of cyclic esters (lactones) is 1. The zero-order valence-corrected chi connectivity index (χ0v) is 15.5. The first-order valence-electron chi connectivity index (χ1n) is 9.16. The average Bonchev–Trinajstić information content (AvgIpc) is 3.35. The number of aliphatic hydroxyl groups is 1. The minimum absolute atomic E-state index is 0.137. The quantitative estimate of drug-likeness (QED) is 0.752. The molecule has 2 atom stereocenters. The van der Waals surface area contributed by atoms with Crippen LogP contribution in [0.25, 0.3) is 16.9 Å². The van der Waals surface area contributed by atoms with E-state index in [0.717, 1.165) is 39.6 Å². The van der Waals surface area contributed by atoms with E-state index >= 15 is 0 Å². The van der Waals surface area contributed by atoms with Gasteiger partial charge in [0, 0.05) is 11.8 Å². The van der Waals surface area contributed by atoms with Crippen LogP contribution in [0.5, 0.6) is 0 Å². The summed E-state index contributed by atoms with van der Waals surface area (Å²) in [5.41, 5.74) is 5.78. The second-order valence-corrected chi connectivity index (χ2v) is 7.17. The summed E-state index contributed by atoms with van der Waals surface area (Å²) in [6.45, 7) is 3.71. The van der Waals surface area contributed by atoms with Crippen LogP contribution in [0.3, 0.4) is 0 Å². The predicted molar refractivity (Wildman–Crippen MR) is 101 cm³/mol. The van der Waals surface area contributed by atoms with Gasteiger partial charge in [0.2, 0.25) is 0 Å². The molecule has 8 heteroatoms. The molecule has 4 heterocycles. The van der Waals surface area contributed by atoms with Gasteiger partial charge in [-0.3, -0.25) is 4.90 Å². The highest BCUT2D eigenvalue weighted by Gasteiger charge is 2.47. The number of anilines is 1. The molecule has 0 aliphatic carbocycles. The second kappa shape index (κ2) is 6.13. The number of hydrogen-bond acceptors (Lipinski definition) is 6. The van der Waals surface area contributed by atoms with Crippen LogP contribution in [0.15, 0.2) is 36.5 Å². The first kappa shape index (κ1) is 16.9. The lowest BCUT2D eigenvalue weighted by atomic mass is 10.0. The summed E-state index contributed by atoms with van der Waals surface area (Å²) in [6.07, 6.45) is 1.62. The normalized spacial score (nSPS) is 20.2. The molecule has 1 aromatic carbocycles.